The van der Waals surface area contributed by atoms with Crippen LogP contribution in [0.5, 0.6) is 0 Å². The van der Waals surface area contributed by atoms with Crippen LogP contribution in [0.1, 0.15) is 23.0 Å². The minimum absolute atomic E-state index is 0.0531. The summed E-state index contributed by atoms with van der Waals surface area (Å²) in [5, 5.41) is 0. The van der Waals surface area contributed by atoms with E-state index in [9.17, 15) is 4.79 Å². The summed E-state index contributed by atoms with van der Waals surface area (Å²) in [6.45, 7) is 3.42. The van der Waals surface area contributed by atoms with Gasteiger partial charge in [-0.25, -0.2) is 0 Å². The van der Waals surface area contributed by atoms with Crippen molar-refractivity contribution in [1.82, 2.24) is 4.98 Å². The molecular formula is C14H12BrNO. The van der Waals surface area contributed by atoms with Crippen LogP contribution in [-0.2, 0) is 0 Å². The average Bonchev–Trinajstić information content (AvgIpc) is 2.29. The van der Waals surface area contributed by atoms with E-state index in [1.807, 2.05) is 43.3 Å². The van der Waals surface area contributed by atoms with Gasteiger partial charge in [-0.2, -0.15) is 0 Å². The largest absolute Gasteiger partial charge is 0.294 e. The quantitative estimate of drug-likeness (QED) is 0.782. The van der Waals surface area contributed by atoms with Gasteiger partial charge in [-0.1, -0.05) is 28.1 Å². The highest BCUT2D eigenvalue weighted by Gasteiger charge is 2.07. The van der Waals surface area contributed by atoms with Crippen molar-refractivity contribution in [2.45, 2.75) is 13.8 Å². The summed E-state index contributed by atoms with van der Waals surface area (Å²) in [6.07, 6.45) is 0. The first kappa shape index (κ1) is 12.0. The third-order valence-corrected chi connectivity index (χ3v) is 3.13. The van der Waals surface area contributed by atoms with E-state index >= 15 is 0 Å². The number of Topliss-reactive ketones (excluding diaryl/α,β-unsaturated/α-hetero) is 1. The molecule has 0 fully saturated rings. The second kappa shape index (κ2) is 4.80. The Morgan fingerprint density at radius 2 is 1.76 bits per heavy atom. The summed E-state index contributed by atoms with van der Waals surface area (Å²) < 4.78 is 1.04. The molecule has 2 rings (SSSR count). The molecule has 0 bridgehead atoms. The van der Waals surface area contributed by atoms with Gasteiger partial charge < -0.3 is 0 Å². The highest BCUT2D eigenvalue weighted by atomic mass is 79.9. The van der Waals surface area contributed by atoms with Gasteiger partial charge in [0.1, 0.15) is 0 Å². The van der Waals surface area contributed by atoms with Crippen LogP contribution < -0.4 is 0 Å². The Bertz CT molecular complexity index is 561. The monoisotopic (exact) mass is 289 g/mol. The zero-order chi connectivity index (χ0) is 12.4. The third kappa shape index (κ3) is 2.61. The molecule has 3 heteroatoms. The number of benzene rings is 1. The third-order valence-electron chi connectivity index (χ3n) is 2.61. The number of carbonyl (C=O) groups is 1. The highest BCUT2D eigenvalue weighted by Crippen LogP contribution is 2.21. The van der Waals surface area contributed by atoms with Crippen molar-refractivity contribution in [3.8, 4) is 11.3 Å². The van der Waals surface area contributed by atoms with Gasteiger partial charge in [-0.3, -0.25) is 9.78 Å². The molecule has 0 N–H and O–H groups in total. The number of aryl methyl sites for hydroxylation is 1. The number of ketones is 1. The summed E-state index contributed by atoms with van der Waals surface area (Å²) in [5.41, 5.74) is 3.40. The molecule has 0 atom stereocenters. The first-order valence-corrected chi connectivity index (χ1v) is 6.12. The lowest BCUT2D eigenvalue weighted by molar-refractivity contribution is 0.101. The fraction of sp³-hybridized carbons (Fsp3) is 0.143. The first-order chi connectivity index (χ1) is 8.08. The molecule has 0 radical (unpaired) electrons. The van der Waals surface area contributed by atoms with Crippen LogP contribution >= 0.6 is 15.9 Å². The van der Waals surface area contributed by atoms with Crippen LogP contribution in [0.3, 0.4) is 0 Å². The van der Waals surface area contributed by atoms with Crippen LogP contribution in [0, 0.1) is 6.92 Å². The van der Waals surface area contributed by atoms with Crippen LogP contribution in [0.2, 0.25) is 0 Å². The van der Waals surface area contributed by atoms with Gasteiger partial charge in [0.05, 0.1) is 5.69 Å². The maximum atomic E-state index is 11.3. The van der Waals surface area contributed by atoms with Gasteiger partial charge in [0.2, 0.25) is 0 Å². The van der Waals surface area contributed by atoms with E-state index < -0.39 is 0 Å². The maximum absolute atomic E-state index is 11.3. The molecule has 0 spiro atoms. The van der Waals surface area contributed by atoms with E-state index in [2.05, 4.69) is 20.9 Å². The lowest BCUT2D eigenvalue weighted by Crippen LogP contribution is -1.99. The molecule has 0 saturated carbocycles. The molecule has 17 heavy (non-hydrogen) atoms. The SMILES string of the molecule is CC(=O)c1ccc(-c2ccc(Br)cc2)nc1C. The van der Waals surface area contributed by atoms with Gasteiger partial charge in [-0.05, 0) is 38.1 Å². The normalized spacial score (nSPS) is 10.3. The number of aromatic nitrogens is 1. The van der Waals surface area contributed by atoms with Crippen LogP contribution in [0.15, 0.2) is 40.9 Å². The van der Waals surface area contributed by atoms with Crippen molar-refractivity contribution in [2.24, 2.45) is 0 Å². The molecule has 0 aliphatic carbocycles. The molecule has 1 heterocycles. The molecule has 1 aromatic heterocycles. The van der Waals surface area contributed by atoms with E-state index in [4.69, 9.17) is 0 Å². The molecule has 86 valence electrons. The molecule has 0 saturated heterocycles. The van der Waals surface area contributed by atoms with Crippen LogP contribution in [0.25, 0.3) is 11.3 Å². The van der Waals surface area contributed by atoms with Gasteiger partial charge in [0.25, 0.3) is 0 Å². The highest BCUT2D eigenvalue weighted by molar-refractivity contribution is 9.10. The zero-order valence-electron chi connectivity index (χ0n) is 9.70. The average molecular weight is 290 g/mol. The Kier molecular flexibility index (Phi) is 3.38. The van der Waals surface area contributed by atoms with Crippen molar-refractivity contribution < 1.29 is 4.79 Å². The first-order valence-electron chi connectivity index (χ1n) is 5.32. The second-order valence-corrected chi connectivity index (χ2v) is 4.81. The fourth-order valence-electron chi connectivity index (χ4n) is 1.71. The smallest absolute Gasteiger partial charge is 0.161 e. The molecule has 1 aromatic carbocycles. The Labute approximate surface area is 109 Å². The number of rotatable bonds is 2. The van der Waals surface area contributed by atoms with Gasteiger partial charge in [0.15, 0.2) is 5.78 Å². The number of hydrogen-bond donors (Lipinski definition) is 0. The van der Waals surface area contributed by atoms with Gasteiger partial charge in [0, 0.05) is 21.3 Å². The molecule has 0 aliphatic rings. The van der Waals surface area contributed by atoms with E-state index in [1.165, 1.54) is 0 Å². The van der Waals surface area contributed by atoms with Crippen molar-refractivity contribution in [3.05, 3.63) is 52.1 Å². The van der Waals surface area contributed by atoms with E-state index in [1.54, 1.807) is 6.92 Å². The van der Waals surface area contributed by atoms with Gasteiger partial charge >= 0.3 is 0 Å². The van der Waals surface area contributed by atoms with Crippen LogP contribution in [-0.4, -0.2) is 10.8 Å². The molecule has 0 amide bonds. The molecule has 0 unspecified atom stereocenters. The number of hydrogen-bond acceptors (Lipinski definition) is 2. The summed E-state index contributed by atoms with van der Waals surface area (Å²) in [4.78, 5) is 15.8. The van der Waals surface area contributed by atoms with Crippen molar-refractivity contribution >= 4 is 21.7 Å². The maximum Gasteiger partial charge on any atom is 0.161 e. The molecule has 2 aromatic rings. The standard InChI is InChI=1S/C14H12BrNO/c1-9-13(10(2)17)7-8-14(16-9)11-3-5-12(15)6-4-11/h3-8H,1-2H3. The minimum Gasteiger partial charge on any atom is -0.294 e. The van der Waals surface area contributed by atoms with Crippen molar-refractivity contribution in [2.75, 3.05) is 0 Å². The summed E-state index contributed by atoms with van der Waals surface area (Å²) in [5.74, 6) is 0.0531. The lowest BCUT2D eigenvalue weighted by atomic mass is 10.1. The topological polar surface area (TPSA) is 30.0 Å². The number of halogens is 1. The van der Waals surface area contributed by atoms with Gasteiger partial charge in [-0.15, -0.1) is 0 Å². The molecule has 2 nitrogen and oxygen atoms in total. The predicted octanol–water partition coefficient (Wildman–Crippen LogP) is 4.02. The Balaban J connectivity index is 2.44. The minimum atomic E-state index is 0.0531. The van der Waals surface area contributed by atoms with E-state index in [0.717, 1.165) is 21.4 Å². The Morgan fingerprint density at radius 3 is 2.29 bits per heavy atom. The van der Waals surface area contributed by atoms with E-state index in [0.29, 0.717) is 5.56 Å². The molecular weight excluding hydrogens is 278 g/mol. The number of nitrogens with zero attached hydrogens (tertiary/aromatic N) is 1. The number of pyridine rings is 1. The summed E-state index contributed by atoms with van der Waals surface area (Å²) in [6, 6.07) is 11.7. The fourth-order valence-corrected chi connectivity index (χ4v) is 1.98. The summed E-state index contributed by atoms with van der Waals surface area (Å²) in [7, 11) is 0. The number of carbonyl (C=O) groups excluding carboxylic acids is 1. The zero-order valence-corrected chi connectivity index (χ0v) is 11.3. The Hall–Kier alpha value is -1.48. The van der Waals surface area contributed by atoms with Crippen molar-refractivity contribution in [1.29, 1.82) is 0 Å². The predicted molar refractivity (Wildman–Crippen MR) is 72.1 cm³/mol. The van der Waals surface area contributed by atoms with Crippen molar-refractivity contribution in [3.63, 3.8) is 0 Å². The Morgan fingerprint density at radius 1 is 1.12 bits per heavy atom. The second-order valence-electron chi connectivity index (χ2n) is 3.89. The molecule has 0 aliphatic heterocycles. The lowest BCUT2D eigenvalue weighted by Gasteiger charge is -2.05. The van der Waals surface area contributed by atoms with Crippen LogP contribution in [0.4, 0.5) is 0 Å². The summed E-state index contributed by atoms with van der Waals surface area (Å²) >= 11 is 3.40. The van der Waals surface area contributed by atoms with E-state index in [-0.39, 0.29) is 5.78 Å².